The van der Waals surface area contributed by atoms with Gasteiger partial charge in [0.1, 0.15) is 6.04 Å². The lowest BCUT2D eigenvalue weighted by molar-refractivity contribution is -0.143. The number of nitrogens with zero attached hydrogens (tertiary/aromatic N) is 1. The molecule has 0 saturated carbocycles. The van der Waals surface area contributed by atoms with Gasteiger partial charge in [0.15, 0.2) is 0 Å². The molecule has 1 aromatic carbocycles. The average molecular weight is 397 g/mol. The highest BCUT2D eigenvalue weighted by Crippen LogP contribution is 2.05. The Morgan fingerprint density at radius 2 is 1.83 bits per heavy atom. The molecule has 29 heavy (non-hydrogen) atoms. The Kier molecular flexibility index (Phi) is 8.69. The van der Waals surface area contributed by atoms with Crippen molar-refractivity contribution in [2.45, 2.75) is 32.0 Å². The molecule has 7 heteroatoms. The van der Waals surface area contributed by atoms with E-state index in [-0.39, 0.29) is 6.04 Å². The highest BCUT2D eigenvalue weighted by molar-refractivity contribution is 5.97. The van der Waals surface area contributed by atoms with Crippen LogP contribution in [0.5, 0.6) is 0 Å². The van der Waals surface area contributed by atoms with Crippen molar-refractivity contribution in [2.24, 2.45) is 5.73 Å². The van der Waals surface area contributed by atoms with Crippen LogP contribution in [0.4, 0.5) is 0 Å². The third kappa shape index (κ3) is 6.92. The molecule has 0 spiro atoms. The molecule has 3 N–H and O–H groups in total. The van der Waals surface area contributed by atoms with E-state index < -0.39 is 24.0 Å². The van der Waals surface area contributed by atoms with Gasteiger partial charge in [-0.2, -0.15) is 0 Å². The van der Waals surface area contributed by atoms with Crippen molar-refractivity contribution in [2.75, 3.05) is 33.4 Å². The van der Waals surface area contributed by atoms with Gasteiger partial charge in [-0.15, -0.1) is 0 Å². The molecule has 2 rings (SSSR count). The van der Waals surface area contributed by atoms with Crippen LogP contribution in [0.25, 0.3) is 0 Å². The fraction of sp³-hybridized carbons (Fsp3) is 0.455. The van der Waals surface area contributed by atoms with Gasteiger partial charge in [0.05, 0.1) is 26.4 Å². The maximum Gasteiger partial charge on any atom is 0.329 e. The molecule has 1 heterocycles. The van der Waals surface area contributed by atoms with E-state index in [0.29, 0.717) is 5.56 Å². The van der Waals surface area contributed by atoms with E-state index in [9.17, 15) is 9.59 Å². The molecule has 1 fully saturated rings. The Morgan fingerprint density at radius 3 is 2.41 bits per heavy atom. The number of hydrogen-bond donors (Lipinski definition) is 2. The van der Waals surface area contributed by atoms with Crippen LogP contribution in [0.1, 0.15) is 29.8 Å². The van der Waals surface area contributed by atoms with E-state index in [2.05, 4.69) is 45.6 Å². The second kappa shape index (κ2) is 11.2. The zero-order chi connectivity index (χ0) is 21.2. The molecule has 1 saturated heterocycles. The number of esters is 1. The molecule has 0 bridgehead atoms. The Balaban J connectivity index is 1.95. The Morgan fingerprint density at radius 1 is 1.17 bits per heavy atom. The minimum absolute atomic E-state index is 0.131. The van der Waals surface area contributed by atoms with Crippen LogP contribution in [0.2, 0.25) is 0 Å². The predicted octanol–water partition coefficient (Wildman–Crippen LogP) is 0.381. The number of carbonyl (C=O) groups excluding carboxylic acids is 2. The van der Waals surface area contributed by atoms with Crippen LogP contribution in [-0.2, 0) is 14.3 Å². The Bertz CT molecular complexity index is 822. The fourth-order valence-electron chi connectivity index (χ4n) is 2.76. The summed E-state index contributed by atoms with van der Waals surface area (Å²) < 4.78 is 10.0. The van der Waals surface area contributed by atoms with Crippen LogP contribution in [0.15, 0.2) is 24.3 Å². The lowest BCUT2D eigenvalue weighted by Crippen LogP contribution is -2.51. The van der Waals surface area contributed by atoms with E-state index in [0.717, 1.165) is 31.9 Å². The van der Waals surface area contributed by atoms with Gasteiger partial charge in [-0.25, -0.2) is 4.79 Å². The van der Waals surface area contributed by atoms with Gasteiger partial charge < -0.3 is 20.5 Å². The summed E-state index contributed by atoms with van der Waals surface area (Å²) in [4.78, 5) is 26.3. The zero-order valence-corrected chi connectivity index (χ0v) is 17.0. The number of hydrogen-bond acceptors (Lipinski definition) is 6. The number of nitrogens with two attached hydrogens (primary N) is 1. The number of carbonyl (C=O) groups is 2. The Hall–Kier alpha value is -2.84. The summed E-state index contributed by atoms with van der Waals surface area (Å²) in [7, 11) is 1.25. The largest absolute Gasteiger partial charge is 0.467 e. The molecule has 0 aliphatic carbocycles. The van der Waals surface area contributed by atoms with Crippen LogP contribution in [0, 0.1) is 23.7 Å². The minimum Gasteiger partial charge on any atom is -0.467 e. The van der Waals surface area contributed by atoms with Crippen molar-refractivity contribution >= 4 is 11.9 Å². The molecule has 0 aromatic heterocycles. The normalized spacial score (nSPS) is 16.8. The Labute approximate surface area is 171 Å². The molecule has 7 nitrogen and oxygen atoms in total. The van der Waals surface area contributed by atoms with Crippen molar-refractivity contribution in [1.29, 1.82) is 0 Å². The molecule has 1 aliphatic heterocycles. The molecule has 0 radical (unpaired) electrons. The van der Waals surface area contributed by atoms with Crippen LogP contribution in [0.3, 0.4) is 0 Å². The second-order valence-corrected chi connectivity index (χ2v) is 6.75. The molecule has 1 amide bonds. The summed E-state index contributed by atoms with van der Waals surface area (Å²) in [5.74, 6) is 10.8. The van der Waals surface area contributed by atoms with Crippen molar-refractivity contribution < 1.29 is 19.1 Å². The van der Waals surface area contributed by atoms with E-state index in [1.165, 1.54) is 7.11 Å². The van der Waals surface area contributed by atoms with Crippen LogP contribution in [-0.4, -0.2) is 68.3 Å². The SMILES string of the molecule is COC(=O)[C@@H](NC(=O)c1ccc(C#CC#C[C@H](C)N2CCOCC2)cc1)[C@@H](C)N. The predicted molar refractivity (Wildman–Crippen MR) is 110 cm³/mol. The first-order chi connectivity index (χ1) is 13.9. The molecular formula is C22H27N3O4. The average Bonchev–Trinajstić information content (AvgIpc) is 2.75. The molecule has 0 unspecified atom stereocenters. The van der Waals surface area contributed by atoms with Crippen LogP contribution < -0.4 is 11.1 Å². The highest BCUT2D eigenvalue weighted by Gasteiger charge is 2.25. The van der Waals surface area contributed by atoms with E-state index in [1.54, 1.807) is 31.2 Å². The van der Waals surface area contributed by atoms with Gasteiger partial charge in [-0.3, -0.25) is 9.69 Å². The topological polar surface area (TPSA) is 93.9 Å². The third-order valence-corrected chi connectivity index (χ3v) is 4.56. The number of methoxy groups -OCH3 is 1. The number of morpholine rings is 1. The van der Waals surface area contributed by atoms with Gasteiger partial charge in [0, 0.05) is 30.3 Å². The van der Waals surface area contributed by atoms with Gasteiger partial charge in [0.25, 0.3) is 5.91 Å². The third-order valence-electron chi connectivity index (χ3n) is 4.56. The van der Waals surface area contributed by atoms with Crippen molar-refractivity contribution in [3.05, 3.63) is 35.4 Å². The summed E-state index contributed by atoms with van der Waals surface area (Å²) in [6, 6.07) is 5.39. The van der Waals surface area contributed by atoms with E-state index in [1.807, 2.05) is 0 Å². The van der Waals surface area contributed by atoms with Gasteiger partial charge in [-0.1, -0.05) is 11.8 Å². The number of ether oxygens (including phenoxy) is 2. The maximum absolute atomic E-state index is 12.3. The molecule has 1 aromatic rings. The molecule has 1 aliphatic rings. The molecular weight excluding hydrogens is 370 g/mol. The van der Waals surface area contributed by atoms with E-state index >= 15 is 0 Å². The quantitative estimate of drug-likeness (QED) is 0.551. The smallest absolute Gasteiger partial charge is 0.329 e. The first-order valence-electron chi connectivity index (χ1n) is 9.50. The lowest BCUT2D eigenvalue weighted by Gasteiger charge is -2.29. The number of rotatable bonds is 5. The maximum atomic E-state index is 12.3. The first-order valence-corrected chi connectivity index (χ1v) is 9.50. The summed E-state index contributed by atoms with van der Waals surface area (Å²) in [5, 5.41) is 2.59. The van der Waals surface area contributed by atoms with Crippen molar-refractivity contribution in [3.63, 3.8) is 0 Å². The first kappa shape index (κ1) is 22.4. The van der Waals surface area contributed by atoms with Crippen LogP contribution >= 0.6 is 0 Å². The molecule has 154 valence electrons. The summed E-state index contributed by atoms with van der Waals surface area (Å²) in [5.41, 5.74) is 6.89. The fourth-order valence-corrected chi connectivity index (χ4v) is 2.76. The number of amides is 1. The van der Waals surface area contributed by atoms with Crippen molar-refractivity contribution in [3.8, 4) is 23.7 Å². The standard InChI is InChI=1S/C22H27N3O4/c1-16(25-12-14-29-15-13-25)6-4-5-7-18-8-10-19(11-9-18)21(26)24-20(17(2)23)22(27)28-3/h8-11,16-17,20H,12-15,23H2,1-3H3,(H,24,26)/t16-,17+,20-/m0/s1. The second-order valence-electron chi connectivity index (χ2n) is 6.75. The van der Waals surface area contributed by atoms with Gasteiger partial charge in [-0.05, 0) is 50.0 Å². The summed E-state index contributed by atoms with van der Waals surface area (Å²) >= 11 is 0. The van der Waals surface area contributed by atoms with E-state index in [4.69, 9.17) is 10.5 Å². The monoisotopic (exact) mass is 397 g/mol. The zero-order valence-electron chi connectivity index (χ0n) is 17.0. The number of benzene rings is 1. The molecule has 3 atom stereocenters. The van der Waals surface area contributed by atoms with Crippen molar-refractivity contribution in [1.82, 2.24) is 10.2 Å². The van der Waals surface area contributed by atoms with Gasteiger partial charge in [0.2, 0.25) is 0 Å². The van der Waals surface area contributed by atoms with Gasteiger partial charge >= 0.3 is 5.97 Å². The summed E-state index contributed by atoms with van der Waals surface area (Å²) in [6.07, 6.45) is 0. The number of nitrogens with one attached hydrogen (secondary N) is 1. The highest BCUT2D eigenvalue weighted by atomic mass is 16.5. The minimum atomic E-state index is -0.907. The summed E-state index contributed by atoms with van der Waals surface area (Å²) in [6.45, 7) is 6.92. The lowest BCUT2D eigenvalue weighted by atomic mass is 10.1.